The van der Waals surface area contributed by atoms with E-state index < -0.39 is 12.0 Å². The Kier molecular flexibility index (Phi) is 7.28. The predicted octanol–water partition coefficient (Wildman–Crippen LogP) is 3.64. The molecule has 1 atom stereocenters. The van der Waals surface area contributed by atoms with Crippen LogP contribution in [-0.4, -0.2) is 38.3 Å². The molecular weight excluding hydrogens is 530 g/mol. The lowest BCUT2D eigenvalue weighted by Crippen LogP contribution is -2.39. The van der Waals surface area contributed by atoms with E-state index in [-0.39, 0.29) is 12.2 Å². The van der Waals surface area contributed by atoms with Gasteiger partial charge in [-0.05, 0) is 71.2 Å². The van der Waals surface area contributed by atoms with Gasteiger partial charge in [0.2, 0.25) is 0 Å². The minimum atomic E-state index is -0.652. The van der Waals surface area contributed by atoms with E-state index in [1.807, 2.05) is 67.5 Å². The third kappa shape index (κ3) is 4.83. The number of nitrogens with zero attached hydrogens (tertiary/aromatic N) is 3. The molecule has 1 aromatic heterocycles. The number of aromatic nitrogens is 1. The zero-order chi connectivity index (χ0) is 25.3. The summed E-state index contributed by atoms with van der Waals surface area (Å²) in [6, 6.07) is 12.6. The van der Waals surface area contributed by atoms with Crippen molar-refractivity contribution in [2.75, 3.05) is 32.7 Å². The van der Waals surface area contributed by atoms with Gasteiger partial charge in [0.15, 0.2) is 4.80 Å². The number of thiazole rings is 1. The summed E-state index contributed by atoms with van der Waals surface area (Å²) in [6.07, 6.45) is 1.85. The van der Waals surface area contributed by atoms with E-state index in [0.717, 1.165) is 21.3 Å². The first kappa shape index (κ1) is 24.9. The number of methoxy groups -OCH3 is 1. The normalized spacial score (nSPS) is 15.5. The predicted molar refractivity (Wildman–Crippen MR) is 142 cm³/mol. The minimum Gasteiger partial charge on any atom is -0.497 e. The Morgan fingerprint density at radius 1 is 1.23 bits per heavy atom. The largest absolute Gasteiger partial charge is 0.497 e. The van der Waals surface area contributed by atoms with E-state index in [1.54, 1.807) is 25.5 Å². The van der Waals surface area contributed by atoms with Crippen LogP contribution in [0.1, 0.15) is 31.0 Å². The summed E-state index contributed by atoms with van der Waals surface area (Å²) in [7, 11) is 5.54. The highest BCUT2D eigenvalue weighted by atomic mass is 79.9. The molecule has 0 saturated heterocycles. The zero-order valence-electron chi connectivity index (χ0n) is 20.2. The SMILES string of the molecule is CCOC(=O)C1=C(C)N=c2s/c(=C\c3ccc(N(C)C)c(Br)c3)c(=O)n2[C@H]1c1ccc(OC)cc1. The Morgan fingerprint density at radius 2 is 1.94 bits per heavy atom. The van der Waals surface area contributed by atoms with Crippen molar-refractivity contribution in [3.63, 3.8) is 0 Å². The molecule has 35 heavy (non-hydrogen) atoms. The Hall–Kier alpha value is -3.17. The number of carbonyl (C=O) groups excluding carboxylic acids is 1. The first-order chi connectivity index (χ1) is 16.7. The number of halogens is 1. The highest BCUT2D eigenvalue weighted by molar-refractivity contribution is 9.10. The lowest BCUT2D eigenvalue weighted by Gasteiger charge is -2.24. The van der Waals surface area contributed by atoms with Gasteiger partial charge in [0, 0.05) is 18.6 Å². The van der Waals surface area contributed by atoms with E-state index in [0.29, 0.717) is 26.4 Å². The third-order valence-electron chi connectivity index (χ3n) is 5.70. The molecule has 3 aromatic rings. The maximum Gasteiger partial charge on any atom is 0.338 e. The molecule has 0 aliphatic carbocycles. The molecule has 1 aliphatic rings. The Bertz CT molecular complexity index is 1490. The van der Waals surface area contributed by atoms with Crippen LogP contribution in [0.3, 0.4) is 0 Å². The quantitative estimate of drug-likeness (QED) is 0.434. The summed E-state index contributed by atoms with van der Waals surface area (Å²) in [5, 5.41) is 0. The van der Waals surface area contributed by atoms with Crippen LogP contribution in [0.5, 0.6) is 5.75 Å². The van der Waals surface area contributed by atoms with Crippen molar-refractivity contribution in [2.45, 2.75) is 19.9 Å². The van der Waals surface area contributed by atoms with Crippen molar-refractivity contribution in [2.24, 2.45) is 4.99 Å². The second kappa shape index (κ2) is 10.2. The lowest BCUT2D eigenvalue weighted by molar-refractivity contribution is -0.139. The second-order valence-electron chi connectivity index (χ2n) is 8.18. The topological polar surface area (TPSA) is 73.1 Å². The maximum atomic E-state index is 13.7. The summed E-state index contributed by atoms with van der Waals surface area (Å²) in [4.78, 5) is 33.8. The van der Waals surface area contributed by atoms with Crippen molar-refractivity contribution < 1.29 is 14.3 Å². The van der Waals surface area contributed by atoms with Gasteiger partial charge in [0.05, 0.1) is 41.2 Å². The van der Waals surface area contributed by atoms with Crippen molar-refractivity contribution in [1.29, 1.82) is 0 Å². The van der Waals surface area contributed by atoms with E-state index in [2.05, 4.69) is 20.9 Å². The number of anilines is 1. The van der Waals surface area contributed by atoms with Crippen LogP contribution in [0.25, 0.3) is 6.08 Å². The number of rotatable bonds is 6. The molecule has 9 heteroatoms. The zero-order valence-corrected chi connectivity index (χ0v) is 22.6. The molecule has 0 spiro atoms. The molecule has 0 bridgehead atoms. The molecule has 4 rings (SSSR count). The van der Waals surface area contributed by atoms with E-state index in [9.17, 15) is 9.59 Å². The average Bonchev–Trinajstić information content (AvgIpc) is 3.12. The summed E-state index contributed by atoms with van der Waals surface area (Å²) in [6.45, 7) is 3.76. The Morgan fingerprint density at radius 3 is 2.54 bits per heavy atom. The molecule has 0 radical (unpaired) electrons. The molecule has 0 saturated carbocycles. The van der Waals surface area contributed by atoms with Gasteiger partial charge in [0.1, 0.15) is 5.75 Å². The van der Waals surface area contributed by atoms with Crippen molar-refractivity contribution >= 4 is 45.0 Å². The van der Waals surface area contributed by atoms with Gasteiger partial charge in [-0.3, -0.25) is 9.36 Å². The van der Waals surface area contributed by atoms with E-state index in [1.165, 1.54) is 11.3 Å². The third-order valence-corrected chi connectivity index (χ3v) is 7.32. The molecule has 0 unspecified atom stereocenters. The van der Waals surface area contributed by atoms with Crippen molar-refractivity contribution in [3.8, 4) is 5.75 Å². The molecule has 182 valence electrons. The fourth-order valence-corrected chi connectivity index (χ4v) is 5.82. The fourth-order valence-electron chi connectivity index (χ4n) is 4.02. The number of hydrogen-bond donors (Lipinski definition) is 0. The molecule has 0 amide bonds. The number of benzene rings is 2. The van der Waals surface area contributed by atoms with Crippen LogP contribution in [0.15, 0.2) is 68.0 Å². The van der Waals surface area contributed by atoms with Crippen LogP contribution in [0.4, 0.5) is 5.69 Å². The highest BCUT2D eigenvalue weighted by Crippen LogP contribution is 2.31. The van der Waals surface area contributed by atoms with E-state index in [4.69, 9.17) is 9.47 Å². The lowest BCUT2D eigenvalue weighted by atomic mass is 9.96. The van der Waals surface area contributed by atoms with Gasteiger partial charge in [0.25, 0.3) is 5.56 Å². The number of allylic oxidation sites excluding steroid dienone is 1. The molecule has 0 fully saturated rings. The number of carbonyl (C=O) groups is 1. The van der Waals surface area contributed by atoms with E-state index >= 15 is 0 Å². The summed E-state index contributed by atoms with van der Waals surface area (Å²) in [5.74, 6) is 0.207. The smallest absolute Gasteiger partial charge is 0.338 e. The number of esters is 1. The molecule has 1 aliphatic heterocycles. The van der Waals surface area contributed by atoms with Gasteiger partial charge in [-0.2, -0.15) is 0 Å². The molecule has 0 N–H and O–H groups in total. The maximum absolute atomic E-state index is 13.7. The average molecular weight is 556 g/mol. The van der Waals surface area contributed by atoms with Crippen molar-refractivity contribution in [1.82, 2.24) is 4.57 Å². The Labute approximate surface area is 215 Å². The van der Waals surface area contributed by atoms with Gasteiger partial charge in [-0.15, -0.1) is 0 Å². The Balaban J connectivity index is 1.90. The molecular formula is C26H26BrN3O4S. The summed E-state index contributed by atoms with van der Waals surface area (Å²) in [5.41, 5.74) is 3.38. The number of hydrogen-bond acceptors (Lipinski definition) is 7. The summed E-state index contributed by atoms with van der Waals surface area (Å²) < 4.78 is 13.7. The number of ether oxygens (including phenoxy) is 2. The standard InChI is InChI=1S/C26H26BrN3O4S/c1-6-34-25(32)22-15(2)28-26-30(23(22)17-8-10-18(33-5)11-9-17)24(31)21(35-26)14-16-7-12-20(29(3)4)19(27)13-16/h7-14,23H,6H2,1-5H3/b21-14-/t23-/m0/s1. The minimum absolute atomic E-state index is 0.211. The monoisotopic (exact) mass is 555 g/mol. The molecule has 2 heterocycles. The molecule has 7 nitrogen and oxygen atoms in total. The highest BCUT2D eigenvalue weighted by Gasteiger charge is 2.33. The van der Waals surface area contributed by atoms with Crippen LogP contribution in [0, 0.1) is 0 Å². The second-order valence-corrected chi connectivity index (χ2v) is 10.0. The molecule has 2 aromatic carbocycles. The fraction of sp³-hybridized carbons (Fsp3) is 0.269. The van der Waals surface area contributed by atoms with Crippen LogP contribution < -0.4 is 24.5 Å². The summed E-state index contributed by atoms with van der Waals surface area (Å²) >= 11 is 4.91. The first-order valence-corrected chi connectivity index (χ1v) is 12.7. The van der Waals surface area contributed by atoms with Gasteiger partial charge < -0.3 is 14.4 Å². The van der Waals surface area contributed by atoms with Gasteiger partial charge in [-0.25, -0.2) is 9.79 Å². The van der Waals surface area contributed by atoms with Gasteiger partial charge >= 0.3 is 5.97 Å². The van der Waals surface area contributed by atoms with Crippen molar-refractivity contribution in [3.05, 3.63) is 89.0 Å². The van der Waals surface area contributed by atoms with Gasteiger partial charge in [-0.1, -0.05) is 29.5 Å². The number of fused-ring (bicyclic) bond motifs is 1. The van der Waals surface area contributed by atoms with Crippen LogP contribution in [0.2, 0.25) is 0 Å². The van der Waals surface area contributed by atoms with Crippen LogP contribution >= 0.6 is 27.3 Å². The first-order valence-electron chi connectivity index (χ1n) is 11.1. The van der Waals surface area contributed by atoms with Crippen LogP contribution in [-0.2, 0) is 9.53 Å².